The lowest BCUT2D eigenvalue weighted by Gasteiger charge is -2.36. The first-order chi connectivity index (χ1) is 9.30. The predicted octanol–water partition coefficient (Wildman–Crippen LogP) is 1.84. The number of hydrogen-bond acceptors (Lipinski definition) is 4. The predicted molar refractivity (Wildman–Crippen MR) is 81.0 cm³/mol. The molecule has 0 radical (unpaired) electrons. The second kappa shape index (κ2) is 6.11. The van der Waals surface area contributed by atoms with Crippen LogP contribution < -0.4 is 0 Å². The zero-order valence-corrected chi connectivity index (χ0v) is 14.0. The number of thiophene rings is 1. The standard InChI is InChI=1S/C13H22N2O3S2/c1-10-5-6-19-13(10)9-14(4)20(16,17)15-7-11(2)18-12(3)8-15/h5-6,11-12H,7-9H2,1-4H3. The van der Waals surface area contributed by atoms with Crippen LogP contribution >= 0.6 is 11.3 Å². The molecule has 0 bridgehead atoms. The lowest BCUT2D eigenvalue weighted by atomic mass is 10.3. The minimum absolute atomic E-state index is 0.0644. The summed E-state index contributed by atoms with van der Waals surface area (Å²) in [5.74, 6) is 0. The molecule has 114 valence electrons. The number of morpholine rings is 1. The van der Waals surface area contributed by atoms with E-state index in [9.17, 15) is 8.42 Å². The van der Waals surface area contributed by atoms with E-state index in [1.165, 1.54) is 8.61 Å². The smallest absolute Gasteiger partial charge is 0.282 e. The van der Waals surface area contributed by atoms with Gasteiger partial charge in [-0.25, -0.2) is 0 Å². The molecule has 5 nitrogen and oxygen atoms in total. The first kappa shape index (κ1) is 15.9. The third kappa shape index (κ3) is 3.40. The highest BCUT2D eigenvalue weighted by molar-refractivity contribution is 7.86. The van der Waals surface area contributed by atoms with Gasteiger partial charge < -0.3 is 4.74 Å². The highest BCUT2D eigenvalue weighted by atomic mass is 32.2. The van der Waals surface area contributed by atoms with Crippen molar-refractivity contribution in [1.82, 2.24) is 8.61 Å². The van der Waals surface area contributed by atoms with Gasteiger partial charge in [0.05, 0.1) is 12.2 Å². The second-order valence-corrected chi connectivity index (χ2v) is 8.40. The average molecular weight is 318 g/mol. The molecule has 0 N–H and O–H groups in total. The molecule has 0 spiro atoms. The number of aryl methyl sites for hydroxylation is 1. The Morgan fingerprint density at radius 3 is 2.50 bits per heavy atom. The maximum absolute atomic E-state index is 12.6. The van der Waals surface area contributed by atoms with Crippen LogP contribution in [0, 0.1) is 6.92 Å². The maximum Gasteiger partial charge on any atom is 0.282 e. The van der Waals surface area contributed by atoms with Crippen molar-refractivity contribution in [1.29, 1.82) is 0 Å². The van der Waals surface area contributed by atoms with Crippen molar-refractivity contribution in [3.63, 3.8) is 0 Å². The van der Waals surface area contributed by atoms with E-state index in [0.29, 0.717) is 19.6 Å². The Morgan fingerprint density at radius 1 is 1.40 bits per heavy atom. The summed E-state index contributed by atoms with van der Waals surface area (Å²) in [6, 6.07) is 2.01. The summed E-state index contributed by atoms with van der Waals surface area (Å²) >= 11 is 1.59. The van der Waals surface area contributed by atoms with E-state index in [-0.39, 0.29) is 12.2 Å². The SMILES string of the molecule is Cc1ccsc1CN(C)S(=O)(=O)N1CC(C)OC(C)C1. The zero-order valence-electron chi connectivity index (χ0n) is 12.4. The third-order valence-corrected chi connectivity index (χ3v) is 6.32. The Kier molecular flexibility index (Phi) is 4.86. The van der Waals surface area contributed by atoms with Gasteiger partial charge in [0.25, 0.3) is 10.2 Å². The monoisotopic (exact) mass is 318 g/mol. The van der Waals surface area contributed by atoms with E-state index in [4.69, 9.17) is 4.74 Å². The van der Waals surface area contributed by atoms with Gasteiger partial charge >= 0.3 is 0 Å². The molecular weight excluding hydrogens is 296 g/mol. The molecule has 2 rings (SSSR count). The van der Waals surface area contributed by atoms with Crippen LogP contribution in [-0.2, 0) is 21.5 Å². The van der Waals surface area contributed by atoms with Gasteiger partial charge in [-0.05, 0) is 37.8 Å². The Bertz CT molecular complexity index is 546. The van der Waals surface area contributed by atoms with Crippen LogP contribution in [0.25, 0.3) is 0 Å². The second-order valence-electron chi connectivity index (χ2n) is 5.36. The van der Waals surface area contributed by atoms with Crippen LogP contribution in [0.15, 0.2) is 11.4 Å². The summed E-state index contributed by atoms with van der Waals surface area (Å²) in [5, 5.41) is 1.99. The fourth-order valence-electron chi connectivity index (χ4n) is 2.37. The molecule has 1 fully saturated rings. The zero-order chi connectivity index (χ0) is 14.9. The fourth-order valence-corrected chi connectivity index (χ4v) is 4.89. The number of ether oxygens (including phenoxy) is 1. The summed E-state index contributed by atoms with van der Waals surface area (Å²) in [5.41, 5.74) is 1.14. The molecule has 7 heteroatoms. The van der Waals surface area contributed by atoms with Gasteiger partial charge in [-0.2, -0.15) is 17.0 Å². The van der Waals surface area contributed by atoms with Crippen molar-refractivity contribution in [3.8, 4) is 0 Å². The van der Waals surface area contributed by atoms with Crippen LogP contribution in [0.2, 0.25) is 0 Å². The van der Waals surface area contributed by atoms with Crippen LogP contribution in [0.3, 0.4) is 0 Å². The minimum Gasteiger partial charge on any atom is -0.373 e. The van der Waals surface area contributed by atoms with Gasteiger partial charge in [-0.15, -0.1) is 11.3 Å². The molecule has 2 heterocycles. The van der Waals surface area contributed by atoms with E-state index < -0.39 is 10.2 Å². The third-order valence-electron chi connectivity index (χ3n) is 3.44. The van der Waals surface area contributed by atoms with Gasteiger partial charge in [0.1, 0.15) is 0 Å². The molecule has 1 aromatic heterocycles. The summed E-state index contributed by atoms with van der Waals surface area (Å²) in [4.78, 5) is 1.09. The van der Waals surface area contributed by atoms with Crippen LogP contribution in [0.5, 0.6) is 0 Å². The normalized spacial score (nSPS) is 25.2. The molecule has 0 aliphatic carbocycles. The molecule has 0 amide bonds. The van der Waals surface area contributed by atoms with Gasteiger partial charge in [0.2, 0.25) is 0 Å². The van der Waals surface area contributed by atoms with Gasteiger partial charge in [0.15, 0.2) is 0 Å². The van der Waals surface area contributed by atoms with Crippen molar-refractivity contribution >= 4 is 21.5 Å². The number of nitrogens with zero attached hydrogens (tertiary/aromatic N) is 2. The Balaban J connectivity index is 2.11. The molecule has 1 aliphatic heterocycles. The molecule has 0 aromatic carbocycles. The maximum atomic E-state index is 12.6. The van der Waals surface area contributed by atoms with Crippen molar-refractivity contribution in [3.05, 3.63) is 21.9 Å². The fraction of sp³-hybridized carbons (Fsp3) is 0.692. The molecule has 1 aromatic rings. The van der Waals surface area contributed by atoms with Gasteiger partial charge in [-0.1, -0.05) is 0 Å². The number of rotatable bonds is 4. The van der Waals surface area contributed by atoms with Crippen LogP contribution in [0.4, 0.5) is 0 Å². The molecule has 20 heavy (non-hydrogen) atoms. The largest absolute Gasteiger partial charge is 0.373 e. The Labute approximate surface area is 125 Å². The molecular formula is C13H22N2O3S2. The van der Waals surface area contributed by atoms with Crippen molar-refractivity contribution in [2.24, 2.45) is 0 Å². The first-order valence-corrected chi connectivity index (χ1v) is 8.98. The molecule has 1 saturated heterocycles. The van der Waals surface area contributed by atoms with E-state index >= 15 is 0 Å². The number of hydrogen-bond donors (Lipinski definition) is 0. The van der Waals surface area contributed by atoms with E-state index in [0.717, 1.165) is 10.4 Å². The van der Waals surface area contributed by atoms with Crippen molar-refractivity contribution in [2.75, 3.05) is 20.1 Å². The van der Waals surface area contributed by atoms with Gasteiger partial charge in [-0.3, -0.25) is 0 Å². The summed E-state index contributed by atoms with van der Waals surface area (Å²) in [6.07, 6.45) is -0.129. The summed E-state index contributed by atoms with van der Waals surface area (Å²) in [6.45, 7) is 7.07. The highest BCUT2D eigenvalue weighted by Gasteiger charge is 2.33. The van der Waals surface area contributed by atoms with E-state index in [1.807, 2.05) is 32.2 Å². The van der Waals surface area contributed by atoms with Crippen LogP contribution in [0.1, 0.15) is 24.3 Å². The Morgan fingerprint density at radius 2 is 2.00 bits per heavy atom. The highest BCUT2D eigenvalue weighted by Crippen LogP contribution is 2.21. The quantitative estimate of drug-likeness (QED) is 0.851. The molecule has 0 saturated carbocycles. The minimum atomic E-state index is -3.43. The van der Waals surface area contributed by atoms with Crippen LogP contribution in [-0.4, -0.2) is 49.4 Å². The molecule has 2 unspecified atom stereocenters. The average Bonchev–Trinajstić information content (AvgIpc) is 2.73. The summed E-state index contributed by atoms with van der Waals surface area (Å²) in [7, 11) is -1.79. The van der Waals surface area contributed by atoms with E-state index in [1.54, 1.807) is 18.4 Å². The summed E-state index contributed by atoms with van der Waals surface area (Å²) < 4.78 is 33.8. The lowest BCUT2D eigenvalue weighted by molar-refractivity contribution is -0.0453. The van der Waals surface area contributed by atoms with Crippen molar-refractivity contribution < 1.29 is 13.2 Å². The Hall–Kier alpha value is -0.470. The van der Waals surface area contributed by atoms with E-state index in [2.05, 4.69) is 0 Å². The van der Waals surface area contributed by atoms with Crippen molar-refractivity contribution in [2.45, 2.75) is 39.5 Å². The molecule has 1 aliphatic rings. The lowest BCUT2D eigenvalue weighted by Crippen LogP contribution is -2.52. The van der Waals surface area contributed by atoms with Gasteiger partial charge in [0, 0.05) is 31.6 Å². The topological polar surface area (TPSA) is 49.9 Å². The molecule has 2 atom stereocenters. The first-order valence-electron chi connectivity index (χ1n) is 6.70.